The van der Waals surface area contributed by atoms with E-state index in [0.717, 1.165) is 12.1 Å². The monoisotopic (exact) mass is 208 g/mol. The van der Waals surface area contributed by atoms with E-state index in [1.165, 1.54) is 0 Å². The third-order valence-corrected chi connectivity index (χ3v) is 2.28. The zero-order chi connectivity index (χ0) is 11.3. The molecule has 0 spiro atoms. The molecule has 0 aliphatic carbocycles. The van der Waals surface area contributed by atoms with Crippen molar-refractivity contribution in [2.45, 2.75) is 19.9 Å². The molecule has 0 saturated carbocycles. The lowest BCUT2D eigenvalue weighted by atomic mass is 10.1. The van der Waals surface area contributed by atoms with Crippen molar-refractivity contribution in [2.75, 3.05) is 13.1 Å². The van der Waals surface area contributed by atoms with Gasteiger partial charge in [-0.05, 0) is 30.2 Å². The highest BCUT2D eigenvalue weighted by Crippen LogP contribution is 2.17. The minimum absolute atomic E-state index is 0.125. The number of nitrogens with one attached hydrogen (secondary N) is 1. The van der Waals surface area contributed by atoms with Gasteiger partial charge in [0.05, 0.1) is 0 Å². The van der Waals surface area contributed by atoms with E-state index in [1.807, 2.05) is 12.1 Å². The van der Waals surface area contributed by atoms with Crippen LogP contribution in [-0.2, 0) is 0 Å². The first-order chi connectivity index (χ1) is 7.13. The standard InChI is InChI=1S/C12H20N2O/c1-9(2)8-14-12(7-13)10-4-3-5-11(15)6-10/h3-6,9,12,14-15H,7-8,13H2,1-2H3. The van der Waals surface area contributed by atoms with Crippen molar-refractivity contribution >= 4 is 0 Å². The summed E-state index contributed by atoms with van der Waals surface area (Å²) in [5.41, 5.74) is 6.74. The van der Waals surface area contributed by atoms with E-state index in [9.17, 15) is 5.11 Å². The molecule has 0 aliphatic heterocycles. The Labute approximate surface area is 91.3 Å². The lowest BCUT2D eigenvalue weighted by Crippen LogP contribution is -2.30. The number of benzene rings is 1. The molecule has 0 fully saturated rings. The van der Waals surface area contributed by atoms with Crippen molar-refractivity contribution in [2.24, 2.45) is 11.7 Å². The van der Waals surface area contributed by atoms with E-state index >= 15 is 0 Å². The molecule has 15 heavy (non-hydrogen) atoms. The Morgan fingerprint density at radius 3 is 2.67 bits per heavy atom. The van der Waals surface area contributed by atoms with Crippen LogP contribution in [0.1, 0.15) is 25.5 Å². The van der Waals surface area contributed by atoms with E-state index in [1.54, 1.807) is 12.1 Å². The summed E-state index contributed by atoms with van der Waals surface area (Å²) in [5, 5.41) is 12.7. The van der Waals surface area contributed by atoms with E-state index < -0.39 is 0 Å². The van der Waals surface area contributed by atoms with Crippen molar-refractivity contribution in [3.8, 4) is 5.75 Å². The minimum atomic E-state index is 0.125. The van der Waals surface area contributed by atoms with Gasteiger partial charge in [0.15, 0.2) is 0 Å². The van der Waals surface area contributed by atoms with Crippen LogP contribution in [0.5, 0.6) is 5.75 Å². The van der Waals surface area contributed by atoms with Gasteiger partial charge in [-0.15, -0.1) is 0 Å². The summed E-state index contributed by atoms with van der Waals surface area (Å²) in [4.78, 5) is 0. The van der Waals surface area contributed by atoms with Gasteiger partial charge >= 0.3 is 0 Å². The number of nitrogens with two attached hydrogens (primary N) is 1. The molecule has 0 amide bonds. The summed E-state index contributed by atoms with van der Waals surface area (Å²) < 4.78 is 0. The molecular weight excluding hydrogens is 188 g/mol. The lowest BCUT2D eigenvalue weighted by molar-refractivity contribution is 0.463. The van der Waals surface area contributed by atoms with Crippen LogP contribution in [0.25, 0.3) is 0 Å². The average Bonchev–Trinajstić information content (AvgIpc) is 2.18. The third-order valence-electron chi connectivity index (χ3n) is 2.28. The summed E-state index contributed by atoms with van der Waals surface area (Å²) in [5.74, 6) is 0.883. The molecule has 0 bridgehead atoms. The molecule has 1 rings (SSSR count). The Balaban J connectivity index is 2.65. The van der Waals surface area contributed by atoms with Crippen molar-refractivity contribution in [3.05, 3.63) is 29.8 Å². The normalized spacial score (nSPS) is 13.1. The first-order valence-corrected chi connectivity index (χ1v) is 5.36. The largest absolute Gasteiger partial charge is 0.508 e. The Hall–Kier alpha value is -1.06. The SMILES string of the molecule is CC(C)CNC(CN)c1cccc(O)c1. The highest BCUT2D eigenvalue weighted by atomic mass is 16.3. The number of aromatic hydroxyl groups is 1. The Morgan fingerprint density at radius 2 is 2.13 bits per heavy atom. The van der Waals surface area contributed by atoms with Gasteiger partial charge in [0.25, 0.3) is 0 Å². The molecule has 0 heterocycles. The second-order valence-electron chi connectivity index (χ2n) is 4.19. The van der Waals surface area contributed by atoms with Gasteiger partial charge in [-0.1, -0.05) is 26.0 Å². The van der Waals surface area contributed by atoms with Gasteiger partial charge in [0, 0.05) is 12.6 Å². The van der Waals surface area contributed by atoms with Gasteiger partial charge < -0.3 is 16.2 Å². The summed E-state index contributed by atoms with van der Waals surface area (Å²) in [6.45, 7) is 5.78. The van der Waals surface area contributed by atoms with Gasteiger partial charge in [-0.3, -0.25) is 0 Å². The molecule has 0 saturated heterocycles. The molecule has 1 aromatic carbocycles. The Bertz CT molecular complexity index is 299. The first kappa shape index (κ1) is 12.0. The number of hydrogen-bond donors (Lipinski definition) is 3. The molecule has 0 radical (unpaired) electrons. The summed E-state index contributed by atoms with van der Waals surface area (Å²) in [6.07, 6.45) is 0. The molecule has 4 N–H and O–H groups in total. The fourth-order valence-electron chi connectivity index (χ4n) is 1.46. The third kappa shape index (κ3) is 3.90. The van der Waals surface area contributed by atoms with E-state index in [-0.39, 0.29) is 11.8 Å². The number of hydrogen-bond acceptors (Lipinski definition) is 3. The topological polar surface area (TPSA) is 58.3 Å². The first-order valence-electron chi connectivity index (χ1n) is 5.36. The maximum absolute atomic E-state index is 9.37. The van der Waals surface area contributed by atoms with E-state index in [2.05, 4.69) is 19.2 Å². The van der Waals surface area contributed by atoms with Gasteiger partial charge in [-0.2, -0.15) is 0 Å². The Morgan fingerprint density at radius 1 is 1.40 bits per heavy atom. The quantitative estimate of drug-likeness (QED) is 0.689. The highest BCUT2D eigenvalue weighted by molar-refractivity contribution is 5.29. The fraction of sp³-hybridized carbons (Fsp3) is 0.500. The molecule has 3 nitrogen and oxygen atoms in total. The lowest BCUT2D eigenvalue weighted by Gasteiger charge is -2.18. The van der Waals surface area contributed by atoms with Crippen LogP contribution in [-0.4, -0.2) is 18.2 Å². The minimum Gasteiger partial charge on any atom is -0.508 e. The maximum Gasteiger partial charge on any atom is 0.115 e. The van der Waals surface area contributed by atoms with Gasteiger partial charge in [0.2, 0.25) is 0 Å². The molecule has 1 unspecified atom stereocenters. The zero-order valence-corrected chi connectivity index (χ0v) is 9.40. The summed E-state index contributed by atoms with van der Waals surface area (Å²) in [7, 11) is 0. The van der Waals surface area contributed by atoms with E-state index in [0.29, 0.717) is 12.5 Å². The van der Waals surface area contributed by atoms with Gasteiger partial charge in [0.1, 0.15) is 5.75 Å². The fourth-order valence-corrected chi connectivity index (χ4v) is 1.46. The van der Waals surface area contributed by atoms with Crippen LogP contribution in [0.2, 0.25) is 0 Å². The van der Waals surface area contributed by atoms with Crippen molar-refractivity contribution < 1.29 is 5.11 Å². The van der Waals surface area contributed by atoms with Crippen molar-refractivity contribution in [3.63, 3.8) is 0 Å². The van der Waals surface area contributed by atoms with Crippen LogP contribution in [0.4, 0.5) is 0 Å². The van der Waals surface area contributed by atoms with Crippen molar-refractivity contribution in [1.82, 2.24) is 5.32 Å². The summed E-state index contributed by atoms with van der Waals surface area (Å²) in [6, 6.07) is 7.36. The number of phenols is 1. The zero-order valence-electron chi connectivity index (χ0n) is 9.40. The number of phenolic OH excluding ortho intramolecular Hbond substituents is 1. The smallest absolute Gasteiger partial charge is 0.115 e. The van der Waals surface area contributed by atoms with Crippen LogP contribution in [0, 0.1) is 5.92 Å². The molecule has 1 atom stereocenters. The van der Waals surface area contributed by atoms with E-state index in [4.69, 9.17) is 5.73 Å². The second-order valence-corrected chi connectivity index (χ2v) is 4.19. The van der Waals surface area contributed by atoms with Crippen LogP contribution in [0.15, 0.2) is 24.3 Å². The van der Waals surface area contributed by atoms with Gasteiger partial charge in [-0.25, -0.2) is 0 Å². The predicted molar refractivity (Wildman–Crippen MR) is 62.7 cm³/mol. The molecule has 1 aromatic rings. The maximum atomic E-state index is 9.37. The molecule has 0 aromatic heterocycles. The molecule has 84 valence electrons. The molecular formula is C12H20N2O. The van der Waals surface area contributed by atoms with Crippen LogP contribution >= 0.6 is 0 Å². The highest BCUT2D eigenvalue weighted by Gasteiger charge is 2.09. The second kappa shape index (κ2) is 5.73. The number of rotatable bonds is 5. The molecule has 3 heteroatoms. The Kier molecular flexibility index (Phi) is 4.59. The average molecular weight is 208 g/mol. The van der Waals surface area contributed by atoms with Crippen LogP contribution < -0.4 is 11.1 Å². The predicted octanol–water partition coefficient (Wildman–Crippen LogP) is 1.64. The van der Waals surface area contributed by atoms with Crippen molar-refractivity contribution in [1.29, 1.82) is 0 Å². The summed E-state index contributed by atoms with van der Waals surface area (Å²) >= 11 is 0. The van der Waals surface area contributed by atoms with Crippen LogP contribution in [0.3, 0.4) is 0 Å². The molecule has 0 aliphatic rings.